The van der Waals surface area contributed by atoms with Crippen LogP contribution >= 0.6 is 11.3 Å². The van der Waals surface area contributed by atoms with E-state index < -0.39 is 21.5 Å². The van der Waals surface area contributed by atoms with Gasteiger partial charge < -0.3 is 9.64 Å². The number of fused-ring (bicyclic) bond motifs is 1. The zero-order valence-corrected chi connectivity index (χ0v) is 16.9. The highest BCUT2D eigenvalue weighted by molar-refractivity contribution is 7.93. The predicted molar refractivity (Wildman–Crippen MR) is 102 cm³/mol. The Morgan fingerprint density at radius 2 is 2.04 bits per heavy atom. The zero-order chi connectivity index (χ0) is 18.9. The fourth-order valence-electron chi connectivity index (χ4n) is 3.04. The lowest BCUT2D eigenvalue weighted by atomic mass is 10.0. The molecule has 0 spiro atoms. The summed E-state index contributed by atoms with van der Waals surface area (Å²) in [6, 6.07) is 6.99. The molecule has 2 aromatic rings. The van der Waals surface area contributed by atoms with E-state index in [4.69, 9.17) is 4.74 Å². The third kappa shape index (κ3) is 4.35. The first-order valence-electron chi connectivity index (χ1n) is 8.74. The van der Waals surface area contributed by atoms with Crippen LogP contribution in [-0.2, 0) is 14.6 Å². The summed E-state index contributed by atoms with van der Waals surface area (Å²) in [6.45, 7) is 5.94. The number of sulfone groups is 1. The molecular formula is C18H24N2O4S2. The second-order valence-electron chi connectivity index (χ2n) is 7.55. The first-order chi connectivity index (χ1) is 12.2. The lowest BCUT2D eigenvalue weighted by Crippen LogP contribution is -2.48. The predicted octanol–water partition coefficient (Wildman–Crippen LogP) is 3.86. The Labute approximate surface area is 158 Å². The first-order valence-corrected chi connectivity index (χ1v) is 11.2. The number of thiazole rings is 1. The van der Waals surface area contributed by atoms with Gasteiger partial charge in [-0.3, -0.25) is 0 Å². The lowest BCUT2D eigenvalue weighted by molar-refractivity contribution is 0.0124. The van der Waals surface area contributed by atoms with E-state index in [-0.39, 0.29) is 16.1 Å². The van der Waals surface area contributed by atoms with E-state index in [2.05, 4.69) is 4.98 Å². The van der Waals surface area contributed by atoms with Crippen molar-refractivity contribution in [2.45, 2.75) is 56.0 Å². The van der Waals surface area contributed by atoms with Gasteiger partial charge >= 0.3 is 6.09 Å². The van der Waals surface area contributed by atoms with Crippen molar-refractivity contribution in [3.05, 3.63) is 24.3 Å². The number of amides is 1. The zero-order valence-electron chi connectivity index (χ0n) is 15.3. The Hall–Kier alpha value is -1.67. The molecule has 26 heavy (non-hydrogen) atoms. The minimum atomic E-state index is -3.57. The fourth-order valence-corrected chi connectivity index (χ4v) is 5.95. The molecule has 0 aliphatic carbocycles. The molecule has 142 valence electrons. The topological polar surface area (TPSA) is 76.6 Å². The molecule has 0 N–H and O–H groups in total. The number of hydrogen-bond donors (Lipinski definition) is 0. The summed E-state index contributed by atoms with van der Waals surface area (Å²) in [5.41, 5.74) is 0.0778. The summed E-state index contributed by atoms with van der Waals surface area (Å²) >= 11 is 1.18. The van der Waals surface area contributed by atoms with Crippen LogP contribution in [0.25, 0.3) is 10.2 Å². The maximum atomic E-state index is 12.9. The average Bonchev–Trinajstić information content (AvgIpc) is 2.98. The van der Waals surface area contributed by atoms with Crippen LogP contribution in [0.4, 0.5) is 4.79 Å². The van der Waals surface area contributed by atoms with Gasteiger partial charge in [-0.2, -0.15) is 0 Å². The van der Waals surface area contributed by atoms with Crippen molar-refractivity contribution in [1.82, 2.24) is 9.88 Å². The number of benzene rings is 1. The molecule has 1 amide bonds. The Bertz CT molecular complexity index is 866. The van der Waals surface area contributed by atoms with Crippen molar-refractivity contribution in [3.63, 3.8) is 0 Å². The number of rotatable bonds is 3. The normalized spacial score (nSPS) is 18.9. The van der Waals surface area contributed by atoms with Gasteiger partial charge in [0.2, 0.25) is 14.2 Å². The van der Waals surface area contributed by atoms with Crippen LogP contribution in [0.2, 0.25) is 0 Å². The van der Waals surface area contributed by atoms with Crippen LogP contribution in [0, 0.1) is 0 Å². The van der Waals surface area contributed by atoms with Gasteiger partial charge in [0.25, 0.3) is 0 Å². The van der Waals surface area contributed by atoms with E-state index >= 15 is 0 Å². The number of carbonyl (C=O) groups is 1. The minimum absolute atomic E-state index is 0.119. The number of para-hydroxylation sites is 1. The molecule has 1 aromatic heterocycles. The Balaban J connectivity index is 1.81. The molecular weight excluding hydrogens is 372 g/mol. The van der Waals surface area contributed by atoms with Gasteiger partial charge in [0.05, 0.1) is 16.0 Å². The van der Waals surface area contributed by atoms with Gasteiger partial charge in [-0.15, -0.1) is 11.3 Å². The summed E-state index contributed by atoms with van der Waals surface area (Å²) in [6.07, 6.45) is 1.97. The van der Waals surface area contributed by atoms with Gasteiger partial charge in [-0.1, -0.05) is 12.1 Å². The number of hydrogen-bond acceptors (Lipinski definition) is 6. The highest BCUT2D eigenvalue weighted by atomic mass is 32.2. The average molecular weight is 397 g/mol. The monoisotopic (exact) mass is 396 g/mol. The quantitative estimate of drug-likeness (QED) is 0.787. The second kappa shape index (κ2) is 7.15. The number of aromatic nitrogens is 1. The summed E-state index contributed by atoms with van der Waals surface area (Å²) in [4.78, 5) is 18.3. The van der Waals surface area contributed by atoms with Crippen molar-refractivity contribution in [2.24, 2.45) is 0 Å². The Kier molecular flexibility index (Phi) is 5.25. The largest absolute Gasteiger partial charge is 0.444 e. The lowest BCUT2D eigenvalue weighted by Gasteiger charge is -2.36. The molecule has 1 aliphatic heterocycles. The molecule has 0 radical (unpaired) electrons. The van der Waals surface area contributed by atoms with Gasteiger partial charge in [0.15, 0.2) is 0 Å². The molecule has 1 aromatic carbocycles. The Morgan fingerprint density at radius 1 is 1.31 bits per heavy atom. The Morgan fingerprint density at radius 3 is 2.73 bits per heavy atom. The molecule has 8 heteroatoms. The second-order valence-corrected chi connectivity index (χ2v) is 10.8. The van der Waals surface area contributed by atoms with Crippen molar-refractivity contribution in [1.29, 1.82) is 0 Å². The van der Waals surface area contributed by atoms with Crippen LogP contribution in [0.1, 0.15) is 40.0 Å². The number of nitrogens with zero attached hydrogens (tertiary/aromatic N) is 2. The highest BCUT2D eigenvalue weighted by Gasteiger charge is 2.34. The molecule has 1 aliphatic rings. The standard InChI is InChI=1S/C18H24N2O4S2/c1-18(2,3)24-17(21)20-11-7-6-8-13(20)12-26(22,23)16-19-14-9-4-5-10-15(14)25-16/h4-5,9-10,13H,6-8,11-12H2,1-3H3/t13-/m1/s1. The van der Waals surface area contributed by atoms with E-state index in [1.807, 2.05) is 39.0 Å². The van der Waals surface area contributed by atoms with E-state index in [9.17, 15) is 13.2 Å². The molecule has 3 rings (SSSR count). The number of likely N-dealkylation sites (tertiary alicyclic amines) is 1. The van der Waals surface area contributed by atoms with Gasteiger partial charge in [0.1, 0.15) is 5.60 Å². The van der Waals surface area contributed by atoms with Crippen LogP contribution in [0.5, 0.6) is 0 Å². The van der Waals surface area contributed by atoms with E-state index in [0.29, 0.717) is 18.5 Å². The highest BCUT2D eigenvalue weighted by Crippen LogP contribution is 2.28. The maximum Gasteiger partial charge on any atom is 0.410 e. The number of ether oxygens (including phenoxy) is 1. The SMILES string of the molecule is CC(C)(C)OC(=O)N1CCCC[C@@H]1CS(=O)(=O)c1nc2ccccc2s1. The van der Waals surface area contributed by atoms with E-state index in [0.717, 1.165) is 17.5 Å². The third-order valence-electron chi connectivity index (χ3n) is 4.21. The summed E-state index contributed by atoms with van der Waals surface area (Å²) in [7, 11) is -3.57. The van der Waals surface area contributed by atoms with Crippen molar-refractivity contribution < 1.29 is 17.9 Å². The van der Waals surface area contributed by atoms with Crippen LogP contribution in [0.15, 0.2) is 28.6 Å². The van der Waals surface area contributed by atoms with E-state index in [1.54, 1.807) is 11.0 Å². The van der Waals surface area contributed by atoms with Crippen LogP contribution in [0.3, 0.4) is 0 Å². The molecule has 1 atom stereocenters. The van der Waals surface area contributed by atoms with Gasteiger partial charge in [-0.25, -0.2) is 18.2 Å². The molecule has 2 heterocycles. The van der Waals surface area contributed by atoms with Gasteiger partial charge in [-0.05, 0) is 52.2 Å². The van der Waals surface area contributed by atoms with Crippen LogP contribution < -0.4 is 0 Å². The van der Waals surface area contributed by atoms with Crippen molar-refractivity contribution >= 4 is 37.5 Å². The summed E-state index contributed by atoms with van der Waals surface area (Å²) < 4.78 is 32.2. The molecule has 0 bridgehead atoms. The summed E-state index contributed by atoms with van der Waals surface area (Å²) in [5, 5.41) is 0. The summed E-state index contributed by atoms with van der Waals surface area (Å²) in [5.74, 6) is -0.119. The third-order valence-corrected chi connectivity index (χ3v) is 7.50. The van der Waals surface area contributed by atoms with Crippen LogP contribution in [-0.4, -0.2) is 48.3 Å². The minimum Gasteiger partial charge on any atom is -0.444 e. The molecule has 0 unspecified atom stereocenters. The van der Waals surface area contributed by atoms with Gasteiger partial charge in [0, 0.05) is 12.6 Å². The number of carbonyl (C=O) groups excluding carboxylic acids is 1. The fraction of sp³-hybridized carbons (Fsp3) is 0.556. The number of piperidine rings is 1. The molecule has 1 saturated heterocycles. The van der Waals surface area contributed by atoms with E-state index in [1.165, 1.54) is 11.3 Å². The first kappa shape index (κ1) is 19.1. The van der Waals surface area contributed by atoms with Crippen molar-refractivity contribution in [3.8, 4) is 0 Å². The smallest absolute Gasteiger partial charge is 0.410 e. The maximum absolute atomic E-state index is 12.9. The molecule has 1 fully saturated rings. The molecule has 6 nitrogen and oxygen atoms in total. The van der Waals surface area contributed by atoms with Crippen molar-refractivity contribution in [2.75, 3.05) is 12.3 Å². The molecule has 0 saturated carbocycles.